The van der Waals surface area contributed by atoms with Gasteiger partial charge in [-0.1, -0.05) is 25.5 Å². The SMILES string of the molecule is CCCCC(=O)NN=Cc1ccc(I)cc1. The first-order valence-electron chi connectivity index (χ1n) is 5.30. The molecular weight excluding hydrogens is 315 g/mol. The molecule has 0 aliphatic rings. The summed E-state index contributed by atoms with van der Waals surface area (Å²) in [4.78, 5) is 11.2. The van der Waals surface area contributed by atoms with Crippen molar-refractivity contribution >= 4 is 34.7 Å². The van der Waals surface area contributed by atoms with E-state index in [1.54, 1.807) is 6.21 Å². The minimum atomic E-state index is -0.0244. The first kappa shape index (κ1) is 13.2. The predicted octanol–water partition coefficient (Wildman–Crippen LogP) is 2.93. The Balaban J connectivity index is 2.37. The van der Waals surface area contributed by atoms with E-state index in [4.69, 9.17) is 0 Å². The Morgan fingerprint density at radius 3 is 2.75 bits per heavy atom. The van der Waals surface area contributed by atoms with Gasteiger partial charge >= 0.3 is 0 Å². The standard InChI is InChI=1S/C12H15IN2O/c1-2-3-4-12(16)15-14-9-10-5-7-11(13)8-6-10/h5-9H,2-4H2,1H3,(H,15,16). The second-order valence-electron chi connectivity index (χ2n) is 3.45. The van der Waals surface area contributed by atoms with E-state index in [2.05, 4.69) is 40.0 Å². The molecule has 1 amide bonds. The smallest absolute Gasteiger partial charge is 0.240 e. The van der Waals surface area contributed by atoms with Gasteiger partial charge < -0.3 is 0 Å². The van der Waals surface area contributed by atoms with Gasteiger partial charge in [0.05, 0.1) is 6.21 Å². The zero-order valence-corrected chi connectivity index (χ0v) is 11.4. The van der Waals surface area contributed by atoms with Gasteiger partial charge in [-0.15, -0.1) is 0 Å². The fourth-order valence-corrected chi connectivity index (χ4v) is 1.48. The third kappa shape index (κ3) is 5.25. The molecule has 16 heavy (non-hydrogen) atoms. The molecule has 1 aromatic rings. The lowest BCUT2D eigenvalue weighted by molar-refractivity contribution is -0.121. The van der Waals surface area contributed by atoms with E-state index < -0.39 is 0 Å². The molecule has 0 heterocycles. The molecule has 0 aromatic heterocycles. The van der Waals surface area contributed by atoms with E-state index >= 15 is 0 Å². The average Bonchev–Trinajstić information content (AvgIpc) is 2.29. The molecule has 0 aliphatic heterocycles. The van der Waals surface area contributed by atoms with Crippen LogP contribution in [0.4, 0.5) is 0 Å². The Bertz CT molecular complexity index is 360. The Labute approximate surface area is 109 Å². The number of carbonyl (C=O) groups is 1. The molecule has 1 aromatic carbocycles. The van der Waals surface area contributed by atoms with Gasteiger partial charge in [0, 0.05) is 9.99 Å². The van der Waals surface area contributed by atoms with E-state index in [1.807, 2.05) is 24.3 Å². The topological polar surface area (TPSA) is 41.5 Å². The van der Waals surface area contributed by atoms with Crippen LogP contribution in [-0.4, -0.2) is 12.1 Å². The summed E-state index contributed by atoms with van der Waals surface area (Å²) in [6.07, 6.45) is 4.12. The summed E-state index contributed by atoms with van der Waals surface area (Å²) in [6.45, 7) is 2.06. The molecule has 4 heteroatoms. The quantitative estimate of drug-likeness (QED) is 0.503. The van der Waals surface area contributed by atoms with Gasteiger partial charge in [-0.3, -0.25) is 4.79 Å². The summed E-state index contributed by atoms with van der Waals surface area (Å²) < 4.78 is 1.18. The number of amides is 1. The van der Waals surface area contributed by atoms with Crippen LogP contribution in [0.3, 0.4) is 0 Å². The number of halogens is 1. The highest BCUT2D eigenvalue weighted by atomic mass is 127. The average molecular weight is 330 g/mol. The van der Waals surface area contributed by atoms with Gasteiger partial charge in [0.2, 0.25) is 5.91 Å². The van der Waals surface area contributed by atoms with Crippen LogP contribution in [0.15, 0.2) is 29.4 Å². The maximum Gasteiger partial charge on any atom is 0.240 e. The molecule has 1 rings (SSSR count). The number of benzene rings is 1. The van der Waals surface area contributed by atoms with Crippen molar-refractivity contribution in [3.63, 3.8) is 0 Å². The number of hydrogen-bond acceptors (Lipinski definition) is 2. The van der Waals surface area contributed by atoms with Crippen molar-refractivity contribution in [2.75, 3.05) is 0 Å². The molecule has 0 bridgehead atoms. The van der Waals surface area contributed by atoms with Crippen molar-refractivity contribution in [2.24, 2.45) is 5.10 Å². The van der Waals surface area contributed by atoms with E-state index in [0.29, 0.717) is 6.42 Å². The van der Waals surface area contributed by atoms with E-state index in [-0.39, 0.29) is 5.91 Å². The lowest BCUT2D eigenvalue weighted by Crippen LogP contribution is -2.16. The molecule has 0 saturated carbocycles. The number of rotatable bonds is 5. The first-order valence-corrected chi connectivity index (χ1v) is 6.37. The lowest BCUT2D eigenvalue weighted by Gasteiger charge is -1.97. The van der Waals surface area contributed by atoms with Crippen LogP contribution in [0.2, 0.25) is 0 Å². The number of nitrogens with zero attached hydrogens (tertiary/aromatic N) is 1. The first-order chi connectivity index (χ1) is 7.72. The summed E-state index contributed by atoms with van der Waals surface area (Å²) >= 11 is 2.25. The zero-order chi connectivity index (χ0) is 11.8. The van der Waals surface area contributed by atoms with Gasteiger partial charge in [-0.25, -0.2) is 5.43 Å². The summed E-state index contributed by atoms with van der Waals surface area (Å²) in [6, 6.07) is 7.93. The van der Waals surface area contributed by atoms with Crippen LogP contribution >= 0.6 is 22.6 Å². The number of nitrogens with one attached hydrogen (secondary N) is 1. The number of unbranched alkanes of at least 4 members (excludes halogenated alkanes) is 1. The monoisotopic (exact) mass is 330 g/mol. The van der Waals surface area contributed by atoms with Crippen LogP contribution in [-0.2, 0) is 4.79 Å². The Morgan fingerprint density at radius 1 is 1.44 bits per heavy atom. The number of hydrogen-bond donors (Lipinski definition) is 1. The van der Waals surface area contributed by atoms with Crippen molar-refractivity contribution in [3.8, 4) is 0 Å². The molecule has 0 fully saturated rings. The lowest BCUT2D eigenvalue weighted by atomic mass is 10.2. The van der Waals surface area contributed by atoms with Crippen LogP contribution in [0.5, 0.6) is 0 Å². The third-order valence-electron chi connectivity index (χ3n) is 2.03. The van der Waals surface area contributed by atoms with Crippen molar-refractivity contribution in [3.05, 3.63) is 33.4 Å². The molecule has 0 radical (unpaired) electrons. The fraction of sp³-hybridized carbons (Fsp3) is 0.333. The highest BCUT2D eigenvalue weighted by Crippen LogP contribution is 2.04. The van der Waals surface area contributed by atoms with Crippen molar-refractivity contribution in [2.45, 2.75) is 26.2 Å². The molecule has 0 aliphatic carbocycles. The third-order valence-corrected chi connectivity index (χ3v) is 2.75. The Hall–Kier alpha value is -0.910. The van der Waals surface area contributed by atoms with Gasteiger partial charge in [0.1, 0.15) is 0 Å². The largest absolute Gasteiger partial charge is 0.273 e. The molecule has 86 valence electrons. The van der Waals surface area contributed by atoms with Crippen LogP contribution in [0, 0.1) is 3.57 Å². The summed E-state index contributed by atoms with van der Waals surface area (Å²) in [5, 5.41) is 3.90. The normalized spacial score (nSPS) is 10.6. The fourth-order valence-electron chi connectivity index (χ4n) is 1.12. The Morgan fingerprint density at radius 2 is 2.12 bits per heavy atom. The molecule has 0 spiro atoms. The summed E-state index contributed by atoms with van der Waals surface area (Å²) in [7, 11) is 0. The van der Waals surface area contributed by atoms with Gasteiger partial charge in [0.25, 0.3) is 0 Å². The highest BCUT2D eigenvalue weighted by molar-refractivity contribution is 14.1. The second kappa shape index (κ2) is 7.38. The molecule has 0 saturated heterocycles. The van der Waals surface area contributed by atoms with Crippen LogP contribution in [0.1, 0.15) is 31.7 Å². The number of hydrazone groups is 1. The molecule has 3 nitrogen and oxygen atoms in total. The maximum absolute atomic E-state index is 11.2. The highest BCUT2D eigenvalue weighted by Gasteiger charge is 1.96. The minimum Gasteiger partial charge on any atom is -0.273 e. The molecule has 0 atom stereocenters. The van der Waals surface area contributed by atoms with Crippen molar-refractivity contribution in [1.82, 2.24) is 5.43 Å². The van der Waals surface area contributed by atoms with Crippen LogP contribution < -0.4 is 5.43 Å². The van der Waals surface area contributed by atoms with Gasteiger partial charge in [0.15, 0.2) is 0 Å². The molecular formula is C12H15IN2O. The molecule has 0 unspecified atom stereocenters. The molecule has 1 N–H and O–H groups in total. The van der Waals surface area contributed by atoms with Gasteiger partial charge in [-0.05, 0) is 46.7 Å². The minimum absolute atomic E-state index is 0.0244. The van der Waals surface area contributed by atoms with Crippen molar-refractivity contribution in [1.29, 1.82) is 0 Å². The summed E-state index contributed by atoms with van der Waals surface area (Å²) in [5.74, 6) is -0.0244. The van der Waals surface area contributed by atoms with Gasteiger partial charge in [-0.2, -0.15) is 5.10 Å². The second-order valence-corrected chi connectivity index (χ2v) is 4.69. The zero-order valence-electron chi connectivity index (χ0n) is 9.24. The predicted molar refractivity (Wildman–Crippen MR) is 74.4 cm³/mol. The van der Waals surface area contributed by atoms with E-state index in [9.17, 15) is 4.79 Å². The van der Waals surface area contributed by atoms with Crippen molar-refractivity contribution < 1.29 is 4.79 Å². The van der Waals surface area contributed by atoms with E-state index in [1.165, 1.54) is 3.57 Å². The maximum atomic E-state index is 11.2. The van der Waals surface area contributed by atoms with Crippen LogP contribution in [0.25, 0.3) is 0 Å². The number of carbonyl (C=O) groups excluding carboxylic acids is 1. The Kier molecular flexibility index (Phi) is 6.07. The van der Waals surface area contributed by atoms with E-state index in [0.717, 1.165) is 18.4 Å². The summed E-state index contributed by atoms with van der Waals surface area (Å²) in [5.41, 5.74) is 3.49.